The molecule has 0 aromatic heterocycles. The van der Waals surface area contributed by atoms with E-state index in [1.807, 2.05) is 0 Å². The normalized spacial score (nSPS) is 14.9. The van der Waals surface area contributed by atoms with Crippen LogP contribution < -0.4 is 5.32 Å². The van der Waals surface area contributed by atoms with Crippen molar-refractivity contribution in [2.75, 3.05) is 11.6 Å². The van der Waals surface area contributed by atoms with E-state index in [1.165, 1.54) is 12.3 Å². The molecule has 0 aliphatic carbocycles. The molecule has 1 aromatic rings. The number of hydrogen-bond donors (Lipinski definition) is 1. The van der Waals surface area contributed by atoms with Crippen LogP contribution >= 0.6 is 0 Å². The maximum atomic E-state index is 13.5. The molecule has 1 N–H and O–H groups in total. The van der Waals surface area contributed by atoms with Gasteiger partial charge in [0.1, 0.15) is 5.82 Å². The molecular weight excluding hydrogens is 225 g/mol. The predicted molar refractivity (Wildman–Crippen MR) is 66.7 cm³/mol. The molecule has 4 heteroatoms. The zero-order valence-electron chi connectivity index (χ0n) is 10.1. The van der Waals surface area contributed by atoms with Gasteiger partial charge >= 0.3 is 0 Å². The second-order valence-electron chi connectivity index (χ2n) is 4.28. The molecule has 0 spiro atoms. The van der Waals surface area contributed by atoms with Crippen LogP contribution in [0.1, 0.15) is 20.8 Å². The van der Waals surface area contributed by atoms with Crippen molar-refractivity contribution in [3.8, 4) is 0 Å². The molecule has 2 nitrogen and oxygen atoms in total. The Hall–Kier alpha value is -0.900. The van der Waals surface area contributed by atoms with Gasteiger partial charge in [-0.15, -0.1) is 0 Å². The van der Waals surface area contributed by atoms with Gasteiger partial charge in [-0.3, -0.25) is 4.21 Å². The van der Waals surface area contributed by atoms with Crippen LogP contribution in [0, 0.1) is 11.7 Å². The number of hydrogen-bond acceptors (Lipinski definition) is 2. The summed E-state index contributed by atoms with van der Waals surface area (Å²) in [5.74, 6) is 0.0600. The highest BCUT2D eigenvalue weighted by molar-refractivity contribution is 7.84. The lowest BCUT2D eigenvalue weighted by Crippen LogP contribution is -2.21. The van der Waals surface area contributed by atoms with Crippen LogP contribution in [0.3, 0.4) is 0 Å². The Labute approximate surface area is 98.7 Å². The van der Waals surface area contributed by atoms with Crippen LogP contribution in [0.5, 0.6) is 0 Å². The minimum Gasteiger partial charge on any atom is -0.382 e. The average molecular weight is 243 g/mol. The summed E-state index contributed by atoms with van der Waals surface area (Å²) in [6, 6.07) is 5.01. The molecule has 0 radical (unpaired) electrons. The van der Waals surface area contributed by atoms with Gasteiger partial charge in [0.15, 0.2) is 0 Å². The van der Waals surface area contributed by atoms with Crippen molar-refractivity contribution in [3.05, 3.63) is 24.0 Å². The van der Waals surface area contributed by atoms with E-state index in [9.17, 15) is 8.60 Å². The van der Waals surface area contributed by atoms with Gasteiger partial charge in [0, 0.05) is 18.0 Å². The molecule has 0 heterocycles. The summed E-state index contributed by atoms with van der Waals surface area (Å²) in [6.07, 6.45) is 1.47. The zero-order valence-corrected chi connectivity index (χ0v) is 10.9. The Kier molecular flexibility index (Phi) is 4.47. The first-order valence-electron chi connectivity index (χ1n) is 5.31. The summed E-state index contributed by atoms with van der Waals surface area (Å²) < 4.78 is 24.7. The maximum Gasteiger partial charge on any atom is 0.141 e. The molecule has 0 saturated heterocycles. The first-order chi connectivity index (χ1) is 7.41. The Bertz CT molecular complexity index is 393. The first kappa shape index (κ1) is 13.2. The van der Waals surface area contributed by atoms with Crippen LogP contribution in [0.15, 0.2) is 23.1 Å². The van der Waals surface area contributed by atoms with Gasteiger partial charge in [-0.2, -0.15) is 0 Å². The Morgan fingerprint density at radius 3 is 2.38 bits per heavy atom. The molecule has 0 amide bonds. The number of benzene rings is 1. The second kappa shape index (κ2) is 5.43. The SMILES string of the molecule is CC(C)C(C)Nc1ccc(S(C)=O)c(F)c1. The molecule has 1 rings (SSSR count). The van der Waals surface area contributed by atoms with E-state index in [4.69, 9.17) is 0 Å². The fourth-order valence-corrected chi connectivity index (χ4v) is 1.85. The van der Waals surface area contributed by atoms with Crippen molar-refractivity contribution in [3.63, 3.8) is 0 Å². The third-order valence-corrected chi connectivity index (χ3v) is 3.59. The van der Waals surface area contributed by atoms with Crippen LogP contribution in [-0.4, -0.2) is 16.5 Å². The Morgan fingerprint density at radius 2 is 1.94 bits per heavy atom. The highest BCUT2D eigenvalue weighted by Gasteiger charge is 2.10. The molecule has 2 atom stereocenters. The monoisotopic (exact) mass is 243 g/mol. The zero-order chi connectivity index (χ0) is 12.3. The molecule has 90 valence electrons. The lowest BCUT2D eigenvalue weighted by molar-refractivity contribution is 0.557. The third-order valence-electron chi connectivity index (χ3n) is 2.64. The Balaban J connectivity index is 2.85. The Morgan fingerprint density at radius 1 is 1.31 bits per heavy atom. The lowest BCUT2D eigenvalue weighted by Gasteiger charge is -2.19. The minimum absolute atomic E-state index is 0.253. The molecule has 16 heavy (non-hydrogen) atoms. The molecule has 1 aromatic carbocycles. The van der Waals surface area contributed by atoms with Crippen LogP contribution in [0.2, 0.25) is 0 Å². The molecule has 0 aliphatic heterocycles. The second-order valence-corrected chi connectivity index (χ2v) is 5.62. The fourth-order valence-electron chi connectivity index (χ4n) is 1.25. The van der Waals surface area contributed by atoms with Crippen molar-refractivity contribution < 1.29 is 8.60 Å². The smallest absolute Gasteiger partial charge is 0.141 e. The summed E-state index contributed by atoms with van der Waals surface area (Å²) in [6.45, 7) is 6.25. The molecule has 2 unspecified atom stereocenters. The van der Waals surface area contributed by atoms with Crippen molar-refractivity contribution >= 4 is 16.5 Å². The van der Waals surface area contributed by atoms with Crippen molar-refractivity contribution in [2.24, 2.45) is 5.92 Å². The van der Waals surface area contributed by atoms with Gasteiger partial charge in [0.05, 0.1) is 15.7 Å². The maximum absolute atomic E-state index is 13.5. The first-order valence-corrected chi connectivity index (χ1v) is 6.87. The highest BCUT2D eigenvalue weighted by atomic mass is 32.2. The molecule has 0 aliphatic rings. The van der Waals surface area contributed by atoms with E-state index in [1.54, 1.807) is 12.1 Å². The van der Waals surface area contributed by atoms with E-state index in [0.29, 0.717) is 5.92 Å². The molecule has 0 fully saturated rings. The highest BCUT2D eigenvalue weighted by Crippen LogP contribution is 2.18. The largest absolute Gasteiger partial charge is 0.382 e. The van der Waals surface area contributed by atoms with Crippen LogP contribution in [0.4, 0.5) is 10.1 Å². The standard InChI is InChI=1S/C12H18FNOS/c1-8(2)9(3)14-10-5-6-12(16(4)15)11(13)7-10/h5-9,14H,1-4H3. The summed E-state index contributed by atoms with van der Waals surface area (Å²) in [4.78, 5) is 0.253. The number of rotatable bonds is 4. The van der Waals surface area contributed by atoms with Gasteiger partial charge in [0.2, 0.25) is 0 Å². The van der Waals surface area contributed by atoms with Gasteiger partial charge in [0.25, 0.3) is 0 Å². The van der Waals surface area contributed by atoms with Gasteiger partial charge in [-0.25, -0.2) is 4.39 Å². The fraction of sp³-hybridized carbons (Fsp3) is 0.500. The van der Waals surface area contributed by atoms with Gasteiger partial charge in [-0.05, 0) is 31.0 Å². The minimum atomic E-state index is -1.27. The summed E-state index contributed by atoms with van der Waals surface area (Å²) in [5.41, 5.74) is 0.730. The molecular formula is C12H18FNOS. The summed E-state index contributed by atoms with van der Waals surface area (Å²) >= 11 is 0. The van der Waals surface area contributed by atoms with Crippen LogP contribution in [0.25, 0.3) is 0 Å². The summed E-state index contributed by atoms with van der Waals surface area (Å²) in [7, 11) is -1.27. The van der Waals surface area contributed by atoms with Gasteiger partial charge in [-0.1, -0.05) is 13.8 Å². The molecule has 0 bridgehead atoms. The van der Waals surface area contributed by atoms with Crippen molar-refractivity contribution in [1.29, 1.82) is 0 Å². The quantitative estimate of drug-likeness (QED) is 0.880. The number of anilines is 1. The number of nitrogens with one attached hydrogen (secondary N) is 1. The molecule has 0 saturated carbocycles. The third kappa shape index (κ3) is 3.30. The van der Waals surface area contributed by atoms with Crippen molar-refractivity contribution in [2.45, 2.75) is 31.7 Å². The van der Waals surface area contributed by atoms with E-state index >= 15 is 0 Å². The van der Waals surface area contributed by atoms with Crippen molar-refractivity contribution in [1.82, 2.24) is 0 Å². The van der Waals surface area contributed by atoms with E-state index in [-0.39, 0.29) is 10.9 Å². The summed E-state index contributed by atoms with van der Waals surface area (Å²) in [5, 5.41) is 3.21. The van der Waals surface area contributed by atoms with E-state index in [2.05, 4.69) is 26.1 Å². The van der Waals surface area contributed by atoms with E-state index < -0.39 is 16.6 Å². The lowest BCUT2D eigenvalue weighted by atomic mass is 10.1. The topological polar surface area (TPSA) is 29.1 Å². The average Bonchev–Trinajstić information content (AvgIpc) is 2.16. The van der Waals surface area contributed by atoms with E-state index in [0.717, 1.165) is 5.69 Å². The number of halogens is 1. The van der Waals surface area contributed by atoms with Crippen LogP contribution in [-0.2, 0) is 10.8 Å². The van der Waals surface area contributed by atoms with Gasteiger partial charge < -0.3 is 5.32 Å². The predicted octanol–water partition coefficient (Wildman–Crippen LogP) is 3.02.